The Hall–Kier alpha value is -1.80. The first-order chi connectivity index (χ1) is 6.65. The van der Waals surface area contributed by atoms with Gasteiger partial charge in [-0.1, -0.05) is 5.92 Å². The van der Waals surface area contributed by atoms with E-state index < -0.39 is 12.0 Å². The largest absolute Gasteiger partial charge is 0.480 e. The van der Waals surface area contributed by atoms with E-state index in [2.05, 4.69) is 16.3 Å². The van der Waals surface area contributed by atoms with Crippen molar-refractivity contribution in [2.24, 2.45) is 7.05 Å². The molecule has 1 aromatic heterocycles. The Kier molecular flexibility index (Phi) is 3.26. The lowest BCUT2D eigenvalue weighted by Crippen LogP contribution is -2.28. The van der Waals surface area contributed by atoms with Crippen LogP contribution >= 0.6 is 0 Å². The average molecular weight is 193 g/mol. The predicted molar refractivity (Wildman–Crippen MR) is 50.4 cm³/mol. The summed E-state index contributed by atoms with van der Waals surface area (Å²) in [5.74, 6) is 1.36. The van der Waals surface area contributed by atoms with Crippen LogP contribution in [0.2, 0.25) is 0 Å². The van der Waals surface area contributed by atoms with Crippen LogP contribution in [-0.2, 0) is 11.8 Å². The maximum absolute atomic E-state index is 10.8. The maximum atomic E-state index is 10.8. The van der Waals surface area contributed by atoms with Crippen LogP contribution in [0.4, 0.5) is 0 Å². The molecular formula is C9H11N3O2. The Morgan fingerprint density at radius 2 is 2.64 bits per heavy atom. The highest BCUT2D eigenvalue weighted by Crippen LogP contribution is 2.10. The van der Waals surface area contributed by atoms with E-state index in [9.17, 15) is 4.79 Å². The Balaban J connectivity index is 2.78. The molecule has 0 saturated carbocycles. The van der Waals surface area contributed by atoms with E-state index in [1.807, 2.05) is 0 Å². The van der Waals surface area contributed by atoms with Gasteiger partial charge in [-0.15, -0.1) is 6.42 Å². The standard InChI is InChI=1S/C9H11N3O2/c1-3-4-10-8(9(13)14)7-5-11-12(2)6-7/h1,5-6,8,10H,4H2,2H3,(H,13,14). The number of hydrogen-bond donors (Lipinski definition) is 2. The fraction of sp³-hybridized carbons (Fsp3) is 0.333. The quantitative estimate of drug-likeness (QED) is 0.648. The highest BCUT2D eigenvalue weighted by Gasteiger charge is 2.19. The molecular weight excluding hydrogens is 182 g/mol. The summed E-state index contributed by atoms with van der Waals surface area (Å²) in [7, 11) is 1.73. The topological polar surface area (TPSA) is 67.2 Å². The Morgan fingerprint density at radius 1 is 1.93 bits per heavy atom. The van der Waals surface area contributed by atoms with Crippen LogP contribution in [0.25, 0.3) is 0 Å². The minimum atomic E-state index is -0.965. The molecule has 74 valence electrons. The van der Waals surface area contributed by atoms with Gasteiger partial charge in [0.25, 0.3) is 0 Å². The third-order valence-corrected chi connectivity index (χ3v) is 1.71. The number of nitrogens with zero attached hydrogens (tertiary/aromatic N) is 2. The molecule has 0 fully saturated rings. The summed E-state index contributed by atoms with van der Waals surface area (Å²) in [4.78, 5) is 10.8. The molecule has 2 N–H and O–H groups in total. The van der Waals surface area contributed by atoms with Gasteiger partial charge in [0.05, 0.1) is 12.7 Å². The van der Waals surface area contributed by atoms with Crippen molar-refractivity contribution in [2.75, 3.05) is 6.54 Å². The molecule has 0 aliphatic rings. The lowest BCUT2D eigenvalue weighted by Gasteiger charge is -2.09. The first kappa shape index (κ1) is 10.3. The van der Waals surface area contributed by atoms with Gasteiger partial charge in [-0.25, -0.2) is 0 Å². The molecule has 14 heavy (non-hydrogen) atoms. The number of rotatable bonds is 4. The number of carboxylic acids is 1. The van der Waals surface area contributed by atoms with E-state index in [0.717, 1.165) is 0 Å². The van der Waals surface area contributed by atoms with E-state index in [1.165, 1.54) is 6.20 Å². The SMILES string of the molecule is C#CCNC(C(=O)O)c1cnn(C)c1. The van der Waals surface area contributed by atoms with E-state index in [0.29, 0.717) is 5.56 Å². The van der Waals surface area contributed by atoms with Crippen LogP contribution in [0, 0.1) is 12.3 Å². The number of carboxylic acid groups (broad SMARTS) is 1. The smallest absolute Gasteiger partial charge is 0.325 e. The van der Waals surface area contributed by atoms with Crippen LogP contribution in [0.15, 0.2) is 12.4 Å². The molecule has 0 aliphatic heterocycles. The number of nitrogens with one attached hydrogen (secondary N) is 1. The summed E-state index contributed by atoms with van der Waals surface area (Å²) in [6.07, 6.45) is 8.18. The van der Waals surface area contributed by atoms with E-state index in [4.69, 9.17) is 11.5 Å². The second-order valence-electron chi connectivity index (χ2n) is 2.80. The number of carbonyl (C=O) groups is 1. The van der Waals surface area contributed by atoms with Crippen LogP contribution in [0.3, 0.4) is 0 Å². The zero-order valence-corrected chi connectivity index (χ0v) is 7.77. The zero-order chi connectivity index (χ0) is 10.6. The van der Waals surface area contributed by atoms with Gasteiger partial charge in [-0.05, 0) is 0 Å². The summed E-state index contributed by atoms with van der Waals surface area (Å²) in [6, 6.07) is -0.792. The van der Waals surface area contributed by atoms with Crippen molar-refractivity contribution in [1.29, 1.82) is 0 Å². The Morgan fingerprint density at radius 3 is 3.07 bits per heavy atom. The second kappa shape index (κ2) is 4.44. The lowest BCUT2D eigenvalue weighted by atomic mass is 10.1. The summed E-state index contributed by atoms with van der Waals surface area (Å²) in [5, 5.41) is 15.5. The predicted octanol–water partition coefficient (Wildman–Crippen LogP) is -0.231. The van der Waals surface area contributed by atoms with Crippen LogP contribution in [0.5, 0.6) is 0 Å². The first-order valence-electron chi connectivity index (χ1n) is 4.03. The third kappa shape index (κ3) is 2.34. The maximum Gasteiger partial charge on any atom is 0.325 e. The number of aryl methyl sites for hydroxylation is 1. The number of aromatic nitrogens is 2. The van der Waals surface area contributed by atoms with E-state index >= 15 is 0 Å². The molecule has 1 aromatic rings. The first-order valence-corrected chi connectivity index (χ1v) is 4.03. The van der Waals surface area contributed by atoms with Crippen molar-refractivity contribution in [2.45, 2.75) is 6.04 Å². The van der Waals surface area contributed by atoms with Crippen molar-refractivity contribution in [3.63, 3.8) is 0 Å². The third-order valence-electron chi connectivity index (χ3n) is 1.71. The van der Waals surface area contributed by atoms with Crippen LogP contribution < -0.4 is 5.32 Å². The monoisotopic (exact) mass is 193 g/mol. The van der Waals surface area contributed by atoms with Gasteiger partial charge in [-0.3, -0.25) is 14.8 Å². The minimum absolute atomic E-state index is 0.214. The van der Waals surface area contributed by atoms with Gasteiger partial charge in [0.1, 0.15) is 6.04 Å². The number of hydrogen-bond acceptors (Lipinski definition) is 3. The molecule has 1 rings (SSSR count). The second-order valence-corrected chi connectivity index (χ2v) is 2.80. The molecule has 0 spiro atoms. The molecule has 1 heterocycles. The summed E-state index contributed by atoms with van der Waals surface area (Å²) < 4.78 is 1.54. The highest BCUT2D eigenvalue weighted by molar-refractivity contribution is 5.75. The summed E-state index contributed by atoms with van der Waals surface area (Å²) in [5.41, 5.74) is 0.593. The van der Waals surface area contributed by atoms with Crippen molar-refractivity contribution < 1.29 is 9.90 Å². The molecule has 5 heteroatoms. The molecule has 5 nitrogen and oxygen atoms in total. The van der Waals surface area contributed by atoms with Gasteiger partial charge in [0.15, 0.2) is 0 Å². The average Bonchev–Trinajstić information content (AvgIpc) is 2.52. The van der Waals surface area contributed by atoms with Gasteiger partial charge in [0, 0.05) is 18.8 Å². The molecule has 0 bridgehead atoms. The molecule has 1 unspecified atom stereocenters. The zero-order valence-electron chi connectivity index (χ0n) is 7.77. The van der Waals surface area contributed by atoms with Gasteiger partial charge in [0.2, 0.25) is 0 Å². The minimum Gasteiger partial charge on any atom is -0.480 e. The molecule has 0 aliphatic carbocycles. The van der Waals surface area contributed by atoms with Crippen molar-refractivity contribution >= 4 is 5.97 Å². The van der Waals surface area contributed by atoms with Gasteiger partial charge >= 0.3 is 5.97 Å². The summed E-state index contributed by atoms with van der Waals surface area (Å²) >= 11 is 0. The summed E-state index contributed by atoms with van der Waals surface area (Å²) in [6.45, 7) is 0.214. The Bertz CT molecular complexity index is 364. The van der Waals surface area contributed by atoms with E-state index in [1.54, 1.807) is 17.9 Å². The Labute approximate surface area is 81.7 Å². The van der Waals surface area contributed by atoms with Gasteiger partial charge in [-0.2, -0.15) is 5.10 Å². The van der Waals surface area contributed by atoms with Crippen molar-refractivity contribution in [3.8, 4) is 12.3 Å². The molecule has 0 aromatic carbocycles. The van der Waals surface area contributed by atoms with Crippen LogP contribution in [0.1, 0.15) is 11.6 Å². The number of aliphatic carboxylic acids is 1. The van der Waals surface area contributed by atoms with Crippen LogP contribution in [-0.4, -0.2) is 27.4 Å². The fourth-order valence-electron chi connectivity index (χ4n) is 1.10. The molecule has 0 saturated heterocycles. The highest BCUT2D eigenvalue weighted by atomic mass is 16.4. The lowest BCUT2D eigenvalue weighted by molar-refractivity contribution is -0.139. The van der Waals surface area contributed by atoms with Gasteiger partial charge < -0.3 is 5.11 Å². The molecule has 0 radical (unpaired) electrons. The molecule has 1 atom stereocenters. The van der Waals surface area contributed by atoms with E-state index in [-0.39, 0.29) is 6.54 Å². The fourth-order valence-corrected chi connectivity index (χ4v) is 1.10. The van der Waals surface area contributed by atoms with Crippen molar-refractivity contribution in [3.05, 3.63) is 18.0 Å². The van der Waals surface area contributed by atoms with Crippen molar-refractivity contribution in [1.82, 2.24) is 15.1 Å². The molecule has 0 amide bonds. The normalized spacial score (nSPS) is 12.0. The number of terminal acetylenes is 1.